The maximum atomic E-state index is 10.7. The first-order chi connectivity index (χ1) is 4.77. The number of morpholine rings is 1. The van der Waals surface area contributed by atoms with E-state index >= 15 is 0 Å². The molecule has 2 saturated heterocycles. The van der Waals surface area contributed by atoms with Crippen molar-refractivity contribution in [2.24, 2.45) is 0 Å². The summed E-state index contributed by atoms with van der Waals surface area (Å²) < 4.78 is 5.28. The maximum absolute atomic E-state index is 10.7. The molecule has 0 saturated carbocycles. The van der Waals surface area contributed by atoms with E-state index < -0.39 is 0 Å². The molecule has 2 bridgehead atoms. The second-order valence-corrected chi connectivity index (χ2v) is 3.07. The van der Waals surface area contributed by atoms with Crippen LogP contribution in [-0.4, -0.2) is 35.6 Å². The number of nitrogens with zero attached hydrogens (tertiary/aromatic N) is 1. The van der Waals surface area contributed by atoms with Crippen molar-refractivity contribution >= 4 is 17.0 Å². The van der Waals surface area contributed by atoms with Crippen LogP contribution >= 0.6 is 11.6 Å². The number of rotatable bonds is 0. The molecule has 0 spiro atoms. The van der Waals surface area contributed by atoms with Crippen LogP contribution in [0.4, 0.5) is 4.79 Å². The Morgan fingerprint density at radius 2 is 2.50 bits per heavy atom. The van der Waals surface area contributed by atoms with Crippen LogP contribution in [0.1, 0.15) is 6.42 Å². The summed E-state index contributed by atoms with van der Waals surface area (Å²) in [5, 5.41) is -0.337. The van der Waals surface area contributed by atoms with Crippen LogP contribution in [0.25, 0.3) is 0 Å². The molecular formula is C6H8ClNO2. The van der Waals surface area contributed by atoms with Gasteiger partial charge < -0.3 is 9.64 Å². The molecule has 2 aliphatic rings. The van der Waals surface area contributed by atoms with Gasteiger partial charge in [-0.15, -0.1) is 0 Å². The van der Waals surface area contributed by atoms with Gasteiger partial charge in [-0.3, -0.25) is 4.79 Å². The van der Waals surface area contributed by atoms with Crippen molar-refractivity contribution in [2.45, 2.75) is 18.6 Å². The number of amides is 1. The van der Waals surface area contributed by atoms with Crippen LogP contribution in [-0.2, 0) is 4.74 Å². The summed E-state index contributed by atoms with van der Waals surface area (Å²) >= 11 is 5.31. The number of hydrogen-bond donors (Lipinski definition) is 0. The molecule has 0 radical (unpaired) electrons. The van der Waals surface area contributed by atoms with E-state index in [4.69, 9.17) is 16.3 Å². The van der Waals surface area contributed by atoms with Crippen LogP contribution in [0.2, 0.25) is 0 Å². The highest BCUT2D eigenvalue weighted by Gasteiger charge is 2.40. The first-order valence-electron chi connectivity index (χ1n) is 3.35. The molecule has 2 fully saturated rings. The van der Waals surface area contributed by atoms with Gasteiger partial charge in [-0.05, 0) is 18.0 Å². The summed E-state index contributed by atoms with van der Waals surface area (Å²) in [5.74, 6) is 0. The van der Waals surface area contributed by atoms with E-state index in [0.29, 0.717) is 13.2 Å². The van der Waals surface area contributed by atoms with Crippen LogP contribution in [0.3, 0.4) is 0 Å². The summed E-state index contributed by atoms with van der Waals surface area (Å²) in [6, 6.07) is 0.259. The minimum Gasteiger partial charge on any atom is -0.374 e. The number of fused-ring (bicyclic) bond motifs is 2. The van der Waals surface area contributed by atoms with Gasteiger partial charge in [0.1, 0.15) is 0 Å². The molecule has 0 aliphatic carbocycles. The van der Waals surface area contributed by atoms with E-state index in [1.165, 1.54) is 0 Å². The normalized spacial score (nSPS) is 37.1. The lowest BCUT2D eigenvalue weighted by molar-refractivity contribution is 0.0494. The molecule has 56 valence electrons. The van der Waals surface area contributed by atoms with Crippen molar-refractivity contribution in [3.05, 3.63) is 0 Å². The van der Waals surface area contributed by atoms with Crippen molar-refractivity contribution in [1.29, 1.82) is 0 Å². The van der Waals surface area contributed by atoms with E-state index in [-0.39, 0.29) is 17.5 Å². The van der Waals surface area contributed by atoms with E-state index in [0.717, 1.165) is 6.42 Å². The third-order valence-electron chi connectivity index (χ3n) is 2.13. The summed E-state index contributed by atoms with van der Waals surface area (Å²) in [6.07, 6.45) is 1.23. The third kappa shape index (κ3) is 0.812. The Hall–Kier alpha value is -0.280. The molecule has 1 amide bonds. The highest BCUT2D eigenvalue weighted by atomic mass is 35.5. The van der Waals surface area contributed by atoms with Crippen molar-refractivity contribution in [2.75, 3.05) is 13.2 Å². The summed E-state index contributed by atoms with van der Waals surface area (Å²) in [4.78, 5) is 12.3. The molecule has 4 heteroatoms. The number of carbonyl (C=O) groups is 1. The summed E-state index contributed by atoms with van der Waals surface area (Å²) in [5.41, 5.74) is 0. The lowest BCUT2D eigenvalue weighted by atomic mass is 10.2. The summed E-state index contributed by atoms with van der Waals surface area (Å²) in [6.45, 7) is 1.36. The fourth-order valence-corrected chi connectivity index (χ4v) is 1.82. The van der Waals surface area contributed by atoms with Gasteiger partial charge in [0.15, 0.2) is 0 Å². The molecule has 3 nitrogen and oxygen atoms in total. The lowest BCUT2D eigenvalue weighted by Gasteiger charge is -2.23. The van der Waals surface area contributed by atoms with Crippen molar-refractivity contribution in [1.82, 2.24) is 4.90 Å². The van der Waals surface area contributed by atoms with Crippen LogP contribution in [0.5, 0.6) is 0 Å². The van der Waals surface area contributed by atoms with Gasteiger partial charge in [0.2, 0.25) is 0 Å². The molecule has 0 N–H and O–H groups in total. The van der Waals surface area contributed by atoms with Crippen molar-refractivity contribution < 1.29 is 9.53 Å². The van der Waals surface area contributed by atoms with Crippen LogP contribution < -0.4 is 0 Å². The Kier molecular flexibility index (Phi) is 1.35. The quantitative estimate of drug-likeness (QED) is 0.389. The maximum Gasteiger partial charge on any atom is 0.316 e. The molecule has 0 aromatic rings. The van der Waals surface area contributed by atoms with Gasteiger partial charge >= 0.3 is 5.37 Å². The van der Waals surface area contributed by atoms with E-state index in [1.807, 2.05) is 0 Å². The van der Waals surface area contributed by atoms with E-state index in [1.54, 1.807) is 4.90 Å². The molecule has 2 aliphatic heterocycles. The zero-order chi connectivity index (χ0) is 7.14. The molecule has 0 aromatic heterocycles. The average Bonchev–Trinajstić information content (AvgIpc) is 2.44. The van der Waals surface area contributed by atoms with E-state index in [2.05, 4.69) is 0 Å². The first-order valence-corrected chi connectivity index (χ1v) is 3.73. The fourth-order valence-electron chi connectivity index (χ4n) is 1.61. The molecule has 2 unspecified atom stereocenters. The SMILES string of the molecule is O=C(Cl)N1CC2CC1CO2. The van der Waals surface area contributed by atoms with Crippen molar-refractivity contribution in [3.63, 3.8) is 0 Å². The lowest BCUT2D eigenvalue weighted by Crippen LogP contribution is -2.38. The fraction of sp³-hybridized carbons (Fsp3) is 0.833. The molecule has 2 atom stereocenters. The predicted molar refractivity (Wildman–Crippen MR) is 36.1 cm³/mol. The summed E-state index contributed by atoms with van der Waals surface area (Å²) in [7, 11) is 0. The predicted octanol–water partition coefficient (Wildman–Crippen LogP) is 0.818. The minimum atomic E-state index is -0.337. The Morgan fingerprint density at radius 3 is 2.80 bits per heavy atom. The van der Waals surface area contributed by atoms with Crippen LogP contribution in [0, 0.1) is 0 Å². The van der Waals surface area contributed by atoms with Gasteiger partial charge in [-0.25, -0.2) is 0 Å². The third-order valence-corrected chi connectivity index (χ3v) is 2.34. The number of hydrogen-bond acceptors (Lipinski definition) is 2. The first kappa shape index (κ1) is 6.43. The highest BCUT2D eigenvalue weighted by molar-refractivity contribution is 6.62. The van der Waals surface area contributed by atoms with Gasteiger partial charge in [0.05, 0.1) is 18.8 Å². The monoisotopic (exact) mass is 161 g/mol. The van der Waals surface area contributed by atoms with Gasteiger partial charge in [-0.2, -0.15) is 0 Å². The molecule has 2 rings (SSSR count). The average molecular weight is 162 g/mol. The molecule has 2 heterocycles. The number of carbonyl (C=O) groups excluding carboxylic acids is 1. The molecular weight excluding hydrogens is 154 g/mol. The minimum absolute atomic E-state index is 0.257. The molecule has 0 aromatic carbocycles. The smallest absolute Gasteiger partial charge is 0.316 e. The Bertz CT molecular complexity index is 173. The topological polar surface area (TPSA) is 29.5 Å². The van der Waals surface area contributed by atoms with Gasteiger partial charge in [0, 0.05) is 6.54 Å². The van der Waals surface area contributed by atoms with Gasteiger partial charge in [0.25, 0.3) is 0 Å². The van der Waals surface area contributed by atoms with E-state index in [9.17, 15) is 4.79 Å². The second-order valence-electron chi connectivity index (χ2n) is 2.75. The standard InChI is InChI=1S/C6H8ClNO2/c7-6(9)8-2-5-1-4(8)3-10-5/h4-5H,1-3H2. The Morgan fingerprint density at radius 1 is 1.70 bits per heavy atom. The van der Waals surface area contributed by atoms with Crippen LogP contribution in [0.15, 0.2) is 0 Å². The Labute approximate surface area is 63.9 Å². The second kappa shape index (κ2) is 2.10. The van der Waals surface area contributed by atoms with Crippen molar-refractivity contribution in [3.8, 4) is 0 Å². The largest absolute Gasteiger partial charge is 0.374 e. The number of halogens is 1. The Balaban J connectivity index is 2.08. The zero-order valence-corrected chi connectivity index (χ0v) is 6.17. The number of ether oxygens (including phenoxy) is 1. The highest BCUT2D eigenvalue weighted by Crippen LogP contribution is 2.28. The number of likely N-dealkylation sites (tertiary alicyclic amines) is 1. The van der Waals surface area contributed by atoms with Gasteiger partial charge in [-0.1, -0.05) is 0 Å². The zero-order valence-electron chi connectivity index (χ0n) is 5.42. The molecule has 10 heavy (non-hydrogen) atoms.